The van der Waals surface area contributed by atoms with Crippen molar-refractivity contribution in [3.8, 4) is 11.3 Å². The quantitative estimate of drug-likeness (QED) is 0.169. The maximum atomic E-state index is 13.8. The second-order valence-electron chi connectivity index (χ2n) is 12.5. The first-order valence-corrected chi connectivity index (χ1v) is 16.5. The van der Waals surface area contributed by atoms with E-state index in [0.29, 0.717) is 61.2 Å². The number of likely N-dealkylation sites (tertiary alicyclic amines) is 1. The molecule has 2 saturated heterocycles. The van der Waals surface area contributed by atoms with Gasteiger partial charge in [0.05, 0.1) is 31.1 Å². The Kier molecular flexibility index (Phi) is 12.8. The van der Waals surface area contributed by atoms with Crippen LogP contribution in [0.1, 0.15) is 66.0 Å². The van der Waals surface area contributed by atoms with Gasteiger partial charge in [0.15, 0.2) is 11.5 Å². The first-order valence-electron chi connectivity index (χ1n) is 15.7. The number of carboxylic acid groups (broad SMARTS) is 1. The van der Waals surface area contributed by atoms with Crippen molar-refractivity contribution < 1.29 is 57.4 Å². The third kappa shape index (κ3) is 9.19. The Hall–Kier alpha value is -2.93. The zero-order valence-corrected chi connectivity index (χ0v) is 30.4. The van der Waals surface area contributed by atoms with Crippen LogP contribution >= 0.6 is 11.3 Å². The molecule has 0 bridgehead atoms. The van der Waals surface area contributed by atoms with E-state index in [-0.39, 0.29) is 71.2 Å². The number of nitrogens with zero attached hydrogens (tertiary/aromatic N) is 7. The first kappa shape index (κ1) is 37.9. The summed E-state index contributed by atoms with van der Waals surface area (Å²) < 4.78 is 41.3. The van der Waals surface area contributed by atoms with E-state index >= 15 is 0 Å². The fourth-order valence-corrected chi connectivity index (χ4v) is 7.51. The molecule has 2 aliphatic rings. The summed E-state index contributed by atoms with van der Waals surface area (Å²) in [5.74, 6) is -0.381. The number of Topliss-reactive ketones (excluding diaryl/α,β-unsaturated/α-hetero) is 1. The first-order chi connectivity index (χ1) is 22.3. The molecule has 10 nitrogen and oxygen atoms in total. The molecule has 0 saturated carbocycles. The SMILES string of the molecule is [C-]#[N+]c1cc(-c2nc(CC(=O)c3cnc(N4CCN(CCC(=O)[O-])[C@H](C)C4)cn3)sc2CN2CCCC2C(C)C)cc(C(F)(F)F)c1.[Na+]. The normalized spacial score (nSPS) is 18.9. The zero-order chi connectivity index (χ0) is 33.9. The molecule has 15 heteroatoms. The van der Waals surface area contributed by atoms with Crippen molar-refractivity contribution in [2.75, 3.05) is 37.6 Å². The van der Waals surface area contributed by atoms with Crippen LogP contribution in [0, 0.1) is 12.5 Å². The van der Waals surface area contributed by atoms with E-state index in [2.05, 4.69) is 43.4 Å². The summed E-state index contributed by atoms with van der Waals surface area (Å²) in [6, 6.07) is 3.71. The summed E-state index contributed by atoms with van der Waals surface area (Å²) in [7, 11) is 0. The predicted octanol–water partition coefficient (Wildman–Crippen LogP) is 1.87. The monoisotopic (exact) mass is 691 g/mol. The van der Waals surface area contributed by atoms with Crippen LogP contribution in [0.4, 0.5) is 24.7 Å². The molecule has 0 N–H and O–H groups in total. The van der Waals surface area contributed by atoms with Crippen LogP contribution in [0.15, 0.2) is 30.6 Å². The third-order valence-corrected chi connectivity index (χ3v) is 9.89. The van der Waals surface area contributed by atoms with Gasteiger partial charge in [-0.1, -0.05) is 13.8 Å². The number of carboxylic acids is 1. The fourth-order valence-electron chi connectivity index (χ4n) is 6.40. The van der Waals surface area contributed by atoms with E-state index in [1.165, 1.54) is 23.6 Å². The number of aliphatic carboxylic acids is 1. The minimum atomic E-state index is -4.63. The number of benzene rings is 1. The Labute approximate surface area is 304 Å². The van der Waals surface area contributed by atoms with Crippen LogP contribution in [0.5, 0.6) is 0 Å². The Morgan fingerprint density at radius 3 is 2.52 bits per heavy atom. The number of alkyl halides is 3. The van der Waals surface area contributed by atoms with Gasteiger partial charge < -0.3 is 14.8 Å². The second-order valence-corrected chi connectivity index (χ2v) is 13.7. The molecule has 1 aromatic carbocycles. The largest absolute Gasteiger partial charge is 1.00 e. The summed E-state index contributed by atoms with van der Waals surface area (Å²) in [5.41, 5.74) is -0.327. The average molecular weight is 692 g/mol. The van der Waals surface area contributed by atoms with E-state index in [0.717, 1.165) is 36.4 Å². The number of halogens is 3. The van der Waals surface area contributed by atoms with Crippen LogP contribution in [0.25, 0.3) is 16.1 Å². The van der Waals surface area contributed by atoms with Gasteiger partial charge in [0.1, 0.15) is 16.5 Å². The van der Waals surface area contributed by atoms with Gasteiger partial charge in [0, 0.05) is 61.2 Å². The van der Waals surface area contributed by atoms with Crippen molar-refractivity contribution in [2.45, 2.75) is 71.3 Å². The second kappa shape index (κ2) is 16.2. The maximum Gasteiger partial charge on any atom is 1.00 e. The molecule has 0 spiro atoms. The smallest absolute Gasteiger partial charge is 0.550 e. The molecule has 2 aromatic heterocycles. The molecule has 0 radical (unpaired) electrons. The van der Waals surface area contributed by atoms with Crippen molar-refractivity contribution in [3.63, 3.8) is 0 Å². The van der Waals surface area contributed by atoms with Crippen molar-refractivity contribution >= 4 is 34.6 Å². The van der Waals surface area contributed by atoms with E-state index in [4.69, 9.17) is 6.57 Å². The molecule has 1 unspecified atom stereocenters. The number of carbonyl (C=O) groups excluding carboxylic acids is 2. The standard InChI is InChI=1S/C33H38F3N7O3S.Na/c1-20(2)26-6-5-8-42(26)19-28-32(22-12-23(33(34,35)36)14-24(13-22)37-4)40-30(47-28)15-27(44)25-16-39-29(17-38-25)43-11-10-41(21(3)18-43)9-7-31(45)46;/h12-14,16-17,20-21,26H,5-11,15,18-19H2,1-3H3,(H,45,46);/q;+1/p-1/t21-,26?;/m1./s1. The number of hydrogen-bond donors (Lipinski definition) is 0. The molecular weight excluding hydrogens is 654 g/mol. The van der Waals surface area contributed by atoms with Crippen LogP contribution in [0.3, 0.4) is 0 Å². The van der Waals surface area contributed by atoms with Gasteiger partial charge in [-0.3, -0.25) is 14.6 Å². The van der Waals surface area contributed by atoms with Crippen LogP contribution in [-0.2, 0) is 23.9 Å². The Morgan fingerprint density at radius 2 is 1.90 bits per heavy atom. The third-order valence-electron chi connectivity index (χ3n) is 8.85. The van der Waals surface area contributed by atoms with E-state index in [9.17, 15) is 27.9 Å². The molecule has 5 rings (SSSR count). The average Bonchev–Trinajstić information content (AvgIpc) is 3.67. The summed E-state index contributed by atoms with van der Waals surface area (Å²) in [6.07, 6.45) is 0.282. The van der Waals surface area contributed by atoms with Gasteiger partial charge in [-0.2, -0.15) is 13.2 Å². The number of rotatable bonds is 11. The molecule has 3 aromatic rings. The van der Waals surface area contributed by atoms with Crippen LogP contribution < -0.4 is 39.6 Å². The molecule has 2 atom stereocenters. The van der Waals surface area contributed by atoms with Crippen molar-refractivity contribution in [3.05, 3.63) is 63.2 Å². The maximum absolute atomic E-state index is 13.8. The molecule has 48 heavy (non-hydrogen) atoms. The molecule has 0 aliphatic carbocycles. The van der Waals surface area contributed by atoms with Gasteiger partial charge in [-0.25, -0.2) is 19.8 Å². The number of anilines is 1. The number of thiazole rings is 1. The molecule has 0 amide bonds. The Morgan fingerprint density at radius 1 is 1.12 bits per heavy atom. The van der Waals surface area contributed by atoms with Gasteiger partial charge in [-0.05, 0) is 62.4 Å². The van der Waals surface area contributed by atoms with E-state index in [1.807, 2.05) is 11.8 Å². The summed E-state index contributed by atoms with van der Waals surface area (Å²) >= 11 is 1.30. The summed E-state index contributed by atoms with van der Waals surface area (Å²) in [4.78, 5) is 48.2. The number of carbonyl (C=O) groups is 2. The van der Waals surface area contributed by atoms with Gasteiger partial charge in [0.25, 0.3) is 0 Å². The predicted molar refractivity (Wildman–Crippen MR) is 170 cm³/mol. The van der Waals surface area contributed by atoms with Crippen molar-refractivity contribution in [1.82, 2.24) is 24.8 Å². The fraction of sp³-hybridized carbons (Fsp3) is 0.515. The number of aromatic nitrogens is 3. The molecule has 2 fully saturated rings. The number of ketones is 1. The Bertz CT molecular complexity index is 1640. The zero-order valence-electron chi connectivity index (χ0n) is 27.6. The van der Waals surface area contributed by atoms with Crippen molar-refractivity contribution in [1.29, 1.82) is 0 Å². The molecule has 2 aliphatic heterocycles. The van der Waals surface area contributed by atoms with Gasteiger partial charge in [-0.15, -0.1) is 11.3 Å². The van der Waals surface area contributed by atoms with Gasteiger partial charge in [0.2, 0.25) is 0 Å². The van der Waals surface area contributed by atoms with Crippen LogP contribution in [0.2, 0.25) is 0 Å². The van der Waals surface area contributed by atoms with E-state index < -0.39 is 17.7 Å². The van der Waals surface area contributed by atoms with Gasteiger partial charge >= 0.3 is 35.7 Å². The number of hydrogen-bond acceptors (Lipinski definition) is 10. The molecule has 250 valence electrons. The minimum absolute atomic E-state index is 0. The van der Waals surface area contributed by atoms with Crippen LogP contribution in [-0.4, -0.2) is 81.3 Å². The molecular formula is C33H37F3N7NaO3S. The summed E-state index contributed by atoms with van der Waals surface area (Å²) in [5, 5.41) is 11.3. The topological polar surface area (TPSA) is 110 Å². The van der Waals surface area contributed by atoms with Crippen molar-refractivity contribution in [2.24, 2.45) is 5.92 Å². The molecule has 4 heterocycles. The number of piperazine rings is 1. The van der Waals surface area contributed by atoms with E-state index in [1.54, 1.807) is 6.20 Å². The minimum Gasteiger partial charge on any atom is -0.550 e. The summed E-state index contributed by atoms with van der Waals surface area (Å²) in [6.45, 7) is 17.4. The Balaban J connectivity index is 0.00000520.